The summed E-state index contributed by atoms with van der Waals surface area (Å²) in [6.07, 6.45) is 4.41. The largest absolute Gasteiger partial charge is 0.395 e. The number of carbonyl (C=O) groups excluding carboxylic acids is 1. The number of nitrogens with zero attached hydrogens (tertiary/aromatic N) is 16. The number of aliphatic hydroxyl groups is 2. The number of likely N-dealkylation sites (N-methyl/N-ethyl adjacent to an activating group) is 1. The van der Waals surface area contributed by atoms with Crippen LogP contribution in [0.3, 0.4) is 0 Å². The van der Waals surface area contributed by atoms with Crippen LogP contribution in [0.2, 0.25) is 0 Å². The molecular weight excluding hydrogens is 1310 g/mol. The molecule has 1 saturated carbocycles. The lowest BCUT2D eigenvalue weighted by Crippen LogP contribution is -2.48. The third kappa shape index (κ3) is 25.3. The molecule has 6 aliphatic heterocycles. The van der Waals surface area contributed by atoms with Crippen molar-refractivity contribution in [3.63, 3.8) is 0 Å². The number of aliphatic hydroxyl groups excluding tert-OH is 2. The standard InChI is InChI=1S/C18H31N5O2.C17H27N5O2.C14H24N4O2.C13H22N4O.C13H20N2O/c1-18(2,3)15-11-16(19-14-12-25-13-14)21-17(20-15)23-7-5-22(6-8-23)9-10-24-4;1-12(23)21-5-7-22(8-6-21)16-19-14(17(2,3)4)9-15(20-16)18-13-10-24-11-13;1-14(2,3)11-7-12(15-10-8-20-9-10)17-13(16-11)18(4)5-6-19;1-13(2,3)10-6-11(14-9-7-18-8-9)16-12(15-10)17(4)5;1-13(2,3)12-7-10(14-8-15-12)4-9-5-11(16)6-9/h11,14H,5-10,12-13H2,1-4H3,(H,19,20,21);9,13H,5-8,10-11H2,1-4H3,(H,18,19,20);7,10,19H,5-6,8-9H2,1-4H3,(H,15,16,17);6,9H,7-8H2,1-5H3,(H,14,15,16);7-9,11,16H,4-6H2,1-3H3. The Hall–Kier alpha value is -7.05. The third-order valence-electron chi connectivity index (χ3n) is 18.5. The molecule has 28 nitrogen and oxygen atoms in total. The van der Waals surface area contributed by atoms with Gasteiger partial charge in [-0.2, -0.15) is 19.9 Å². The quantitative estimate of drug-likeness (QED) is 0.0470. The van der Waals surface area contributed by atoms with Crippen LogP contribution >= 0.6 is 0 Å². The van der Waals surface area contributed by atoms with Gasteiger partial charge >= 0.3 is 0 Å². The van der Waals surface area contributed by atoms with Gasteiger partial charge in [-0.3, -0.25) is 9.69 Å². The highest BCUT2D eigenvalue weighted by molar-refractivity contribution is 5.73. The molecule has 28 heteroatoms. The van der Waals surface area contributed by atoms with Gasteiger partial charge in [0.1, 0.15) is 29.6 Å². The molecule has 0 spiro atoms. The molecule has 5 aromatic heterocycles. The van der Waals surface area contributed by atoms with Crippen LogP contribution in [0.25, 0.3) is 0 Å². The van der Waals surface area contributed by atoms with Crippen LogP contribution in [0.5, 0.6) is 0 Å². The first kappa shape index (κ1) is 81.6. The molecule has 0 unspecified atom stereocenters. The highest BCUT2D eigenvalue weighted by Gasteiger charge is 2.32. The SMILES string of the molecule is CC(=O)N1CCN(c2nc(NC3COC3)cc(C(C)(C)C)n2)CC1.CC(C)(C)c1cc(CC2CC(O)C2)ncn1.CN(C)c1nc(NC2COC2)cc(C(C)(C)C)n1.CN(CCO)c1nc(NC2COC2)cc(C(C)(C)C)n1.COCCN1CCN(c2nc(NC3COC3)cc(C(C)(C)C)n2)CC1. The summed E-state index contributed by atoms with van der Waals surface area (Å²) < 4.78 is 26.0. The van der Waals surface area contributed by atoms with Gasteiger partial charge in [0.15, 0.2) is 0 Å². The van der Waals surface area contributed by atoms with Crippen LogP contribution in [0.15, 0.2) is 36.7 Å². The van der Waals surface area contributed by atoms with Crippen molar-refractivity contribution in [2.24, 2.45) is 5.92 Å². The number of aromatic nitrogens is 10. The van der Waals surface area contributed by atoms with Gasteiger partial charge in [0.05, 0.1) is 119 Å². The Bertz CT molecular complexity index is 3440. The lowest BCUT2D eigenvalue weighted by Gasteiger charge is -2.35. The Morgan fingerprint density at radius 1 is 0.515 bits per heavy atom. The van der Waals surface area contributed by atoms with Crippen molar-refractivity contribution in [3.8, 4) is 0 Å². The highest BCUT2D eigenvalue weighted by Crippen LogP contribution is 2.33. The van der Waals surface area contributed by atoms with E-state index in [0.29, 0.717) is 42.6 Å². The maximum atomic E-state index is 11.5. The van der Waals surface area contributed by atoms with Gasteiger partial charge in [0.25, 0.3) is 0 Å². The van der Waals surface area contributed by atoms with Crippen molar-refractivity contribution in [2.45, 2.75) is 187 Å². The molecule has 103 heavy (non-hydrogen) atoms. The van der Waals surface area contributed by atoms with E-state index in [2.05, 4.69) is 182 Å². The van der Waals surface area contributed by atoms with Gasteiger partial charge < -0.3 is 79.7 Å². The zero-order chi connectivity index (χ0) is 75.0. The van der Waals surface area contributed by atoms with Crippen LogP contribution in [-0.4, -0.2) is 266 Å². The number of anilines is 8. The number of methoxy groups -OCH3 is 1. The average Bonchev–Trinajstić information content (AvgIpc) is 0.826. The first-order valence-corrected chi connectivity index (χ1v) is 36.9. The van der Waals surface area contributed by atoms with E-state index >= 15 is 0 Å². The number of rotatable bonds is 19. The summed E-state index contributed by atoms with van der Waals surface area (Å²) in [5.74, 6) is 7.15. The van der Waals surface area contributed by atoms with Gasteiger partial charge in [0, 0.05) is 163 Å². The smallest absolute Gasteiger partial charge is 0.227 e. The Morgan fingerprint density at radius 3 is 1.24 bits per heavy atom. The maximum absolute atomic E-state index is 11.5. The van der Waals surface area contributed by atoms with Crippen LogP contribution < -0.4 is 40.9 Å². The fourth-order valence-electron chi connectivity index (χ4n) is 11.3. The van der Waals surface area contributed by atoms with Crippen molar-refractivity contribution in [3.05, 3.63) is 70.8 Å². The number of carbonyl (C=O) groups is 1. The summed E-state index contributed by atoms with van der Waals surface area (Å²) in [6, 6.07) is 11.6. The predicted octanol–water partition coefficient (Wildman–Crippen LogP) is 7.36. The molecule has 5 aromatic rings. The minimum atomic E-state index is -0.0751. The van der Waals surface area contributed by atoms with E-state index in [1.165, 1.54) is 0 Å². The Labute approximate surface area is 613 Å². The molecule has 1 aliphatic carbocycles. The summed E-state index contributed by atoms with van der Waals surface area (Å²) in [6.45, 7) is 49.2. The van der Waals surface area contributed by atoms with Crippen LogP contribution in [0.1, 0.15) is 158 Å². The summed E-state index contributed by atoms with van der Waals surface area (Å²) in [5, 5.41) is 32.0. The molecule has 0 atom stereocenters. The molecule has 12 rings (SSSR count). The van der Waals surface area contributed by atoms with Gasteiger partial charge in [-0.05, 0) is 31.2 Å². The fourth-order valence-corrected chi connectivity index (χ4v) is 11.3. The fraction of sp³-hybridized carbons (Fsp3) is 0.720. The minimum absolute atomic E-state index is 0.00940. The molecular formula is C75H124N20O8. The molecule has 572 valence electrons. The number of piperazine rings is 2. The summed E-state index contributed by atoms with van der Waals surface area (Å²) in [5.41, 5.74) is 6.30. The molecule has 7 aliphatic rings. The summed E-state index contributed by atoms with van der Waals surface area (Å²) in [4.78, 5) is 70.1. The van der Waals surface area contributed by atoms with E-state index in [4.69, 9.17) is 48.7 Å². The van der Waals surface area contributed by atoms with Crippen molar-refractivity contribution >= 4 is 53.0 Å². The van der Waals surface area contributed by atoms with Crippen molar-refractivity contribution in [1.29, 1.82) is 0 Å². The molecule has 0 aromatic carbocycles. The van der Waals surface area contributed by atoms with Crippen molar-refractivity contribution in [2.75, 3.05) is 201 Å². The zero-order valence-electron chi connectivity index (χ0n) is 65.7. The Morgan fingerprint density at radius 2 is 0.893 bits per heavy atom. The molecule has 0 radical (unpaired) electrons. The Kier molecular flexibility index (Phi) is 28.8. The normalized spacial score (nSPS) is 19.1. The topological polar surface area (TPSA) is 300 Å². The molecule has 7 fully saturated rings. The lowest BCUT2D eigenvalue weighted by molar-refractivity contribution is -0.129. The molecule has 1 amide bonds. The van der Waals surface area contributed by atoms with E-state index in [-0.39, 0.29) is 45.7 Å². The first-order valence-electron chi connectivity index (χ1n) is 36.9. The van der Waals surface area contributed by atoms with Gasteiger partial charge in [-0.25, -0.2) is 29.9 Å². The van der Waals surface area contributed by atoms with Gasteiger partial charge in [-0.1, -0.05) is 104 Å². The van der Waals surface area contributed by atoms with Crippen molar-refractivity contribution in [1.82, 2.24) is 59.6 Å². The molecule has 0 bridgehead atoms. The van der Waals surface area contributed by atoms with Gasteiger partial charge in [-0.15, -0.1) is 0 Å². The number of nitrogens with one attached hydrogen (secondary N) is 4. The van der Waals surface area contributed by atoms with E-state index in [0.717, 1.165) is 213 Å². The second-order valence-corrected chi connectivity index (χ2v) is 33.5. The molecule has 6 N–H and O–H groups in total. The van der Waals surface area contributed by atoms with Crippen molar-refractivity contribution < 1.29 is 38.7 Å². The number of hydrogen-bond acceptors (Lipinski definition) is 27. The number of ether oxygens (including phenoxy) is 5. The highest BCUT2D eigenvalue weighted by atomic mass is 16.5. The van der Waals surface area contributed by atoms with E-state index < -0.39 is 0 Å². The van der Waals surface area contributed by atoms with E-state index in [9.17, 15) is 9.90 Å². The molecule has 6 saturated heterocycles. The zero-order valence-corrected chi connectivity index (χ0v) is 65.7. The second kappa shape index (κ2) is 36.3. The summed E-state index contributed by atoms with van der Waals surface area (Å²) >= 11 is 0. The third-order valence-corrected chi connectivity index (χ3v) is 18.5. The predicted molar refractivity (Wildman–Crippen MR) is 409 cm³/mol. The lowest BCUT2D eigenvalue weighted by atomic mass is 9.79. The first-order chi connectivity index (χ1) is 48.5. The Balaban J connectivity index is 0.000000165. The minimum Gasteiger partial charge on any atom is -0.395 e. The number of amides is 1. The second-order valence-electron chi connectivity index (χ2n) is 33.5. The maximum Gasteiger partial charge on any atom is 0.227 e. The van der Waals surface area contributed by atoms with E-state index in [1.54, 1.807) is 20.4 Å². The van der Waals surface area contributed by atoms with Crippen LogP contribution in [0, 0.1) is 5.92 Å². The van der Waals surface area contributed by atoms with Gasteiger partial charge in [0.2, 0.25) is 29.7 Å². The average molecular weight is 1430 g/mol. The summed E-state index contributed by atoms with van der Waals surface area (Å²) in [7, 11) is 7.55. The van der Waals surface area contributed by atoms with Crippen LogP contribution in [0.4, 0.5) is 47.1 Å². The monoisotopic (exact) mass is 1430 g/mol. The number of hydrogen-bond donors (Lipinski definition) is 6. The molecule has 11 heterocycles. The van der Waals surface area contributed by atoms with E-state index in [1.807, 2.05) is 54.0 Å². The van der Waals surface area contributed by atoms with Crippen LogP contribution in [-0.2, 0) is 62.0 Å².